The van der Waals surface area contributed by atoms with Crippen LogP contribution in [0, 0.1) is 5.92 Å². The number of urea groups is 1. The van der Waals surface area contributed by atoms with Crippen molar-refractivity contribution >= 4 is 23.0 Å². The number of carbonyl (C=O) groups excluding carboxylic acids is 2. The van der Waals surface area contributed by atoms with Crippen LogP contribution in [0.15, 0.2) is 24.3 Å². The van der Waals surface area contributed by atoms with Gasteiger partial charge in [-0.3, -0.25) is 4.79 Å². The second kappa shape index (κ2) is 6.00. The van der Waals surface area contributed by atoms with E-state index in [1.807, 2.05) is 36.1 Å². The summed E-state index contributed by atoms with van der Waals surface area (Å²) in [5.41, 5.74) is 1.63. The van der Waals surface area contributed by atoms with E-state index in [1.165, 1.54) is 0 Å². The number of nitrogens with zero attached hydrogens (tertiary/aromatic N) is 3. The van der Waals surface area contributed by atoms with Crippen molar-refractivity contribution in [2.45, 2.75) is 38.8 Å². The summed E-state index contributed by atoms with van der Waals surface area (Å²) in [4.78, 5) is 31.1. The van der Waals surface area contributed by atoms with Gasteiger partial charge in [-0.05, 0) is 25.0 Å². The smallest absolute Gasteiger partial charge is 0.315 e. The molecule has 0 unspecified atom stereocenters. The lowest BCUT2D eigenvalue weighted by Gasteiger charge is -2.47. The Morgan fingerprint density at radius 1 is 1.27 bits per heavy atom. The van der Waals surface area contributed by atoms with E-state index in [0.29, 0.717) is 25.6 Å². The number of benzene rings is 1. The molecule has 0 bridgehead atoms. The average molecular weight is 355 g/mol. The molecule has 0 saturated carbocycles. The van der Waals surface area contributed by atoms with Gasteiger partial charge >= 0.3 is 6.03 Å². The van der Waals surface area contributed by atoms with Gasteiger partial charge in [0.1, 0.15) is 11.9 Å². The van der Waals surface area contributed by atoms with Crippen molar-refractivity contribution in [3.05, 3.63) is 30.1 Å². The third kappa shape index (κ3) is 2.71. The van der Waals surface area contributed by atoms with Gasteiger partial charge in [0.05, 0.1) is 16.6 Å². The monoisotopic (exact) mass is 355 g/mol. The van der Waals surface area contributed by atoms with Crippen molar-refractivity contribution in [3.63, 3.8) is 0 Å². The Hall–Kier alpha value is -2.57. The fourth-order valence-corrected chi connectivity index (χ4v) is 4.02. The maximum atomic E-state index is 13.1. The molecule has 7 heteroatoms. The molecule has 2 fully saturated rings. The van der Waals surface area contributed by atoms with Gasteiger partial charge in [0.25, 0.3) is 0 Å². The predicted octanol–water partition coefficient (Wildman–Crippen LogP) is 1.69. The molecule has 3 amide bonds. The number of imidazole rings is 1. The highest BCUT2D eigenvalue weighted by Crippen LogP contribution is 2.29. The lowest BCUT2D eigenvalue weighted by atomic mass is 9.90. The highest BCUT2D eigenvalue weighted by atomic mass is 16.2. The summed E-state index contributed by atoms with van der Waals surface area (Å²) in [7, 11) is 0. The molecule has 7 nitrogen and oxygen atoms in total. The van der Waals surface area contributed by atoms with Crippen LogP contribution in [0.4, 0.5) is 4.79 Å². The van der Waals surface area contributed by atoms with Gasteiger partial charge in [-0.2, -0.15) is 0 Å². The number of nitrogens with one attached hydrogen (secondary N) is 2. The van der Waals surface area contributed by atoms with Gasteiger partial charge in [-0.1, -0.05) is 26.0 Å². The summed E-state index contributed by atoms with van der Waals surface area (Å²) >= 11 is 0. The number of carbonyl (C=O) groups is 2. The maximum Gasteiger partial charge on any atom is 0.315 e. The zero-order valence-electron chi connectivity index (χ0n) is 15.5. The fourth-order valence-electron chi connectivity index (χ4n) is 4.02. The largest absolute Gasteiger partial charge is 0.336 e. The van der Waals surface area contributed by atoms with Crippen LogP contribution in [-0.4, -0.2) is 51.6 Å². The minimum absolute atomic E-state index is 0.0740. The molecule has 138 valence electrons. The summed E-state index contributed by atoms with van der Waals surface area (Å²) in [6.45, 7) is 7.95. The van der Waals surface area contributed by atoms with E-state index >= 15 is 0 Å². The number of hydrogen-bond acceptors (Lipinski definition) is 3. The first-order valence-electron chi connectivity index (χ1n) is 9.19. The number of para-hydroxylation sites is 2. The minimum Gasteiger partial charge on any atom is -0.336 e. The zero-order valence-corrected chi connectivity index (χ0v) is 15.5. The van der Waals surface area contributed by atoms with Crippen molar-refractivity contribution in [2.24, 2.45) is 5.92 Å². The molecule has 2 aromatic rings. The van der Waals surface area contributed by atoms with Crippen molar-refractivity contribution in [3.8, 4) is 0 Å². The number of amides is 3. The Balaban J connectivity index is 1.59. The standard InChI is InChI=1S/C19H25N5O2/c1-12(2)8-16-21-14-6-4-5-7-15(14)24(16)13(3)17(25)23-10-19(11-23)9-20-18(26)22-19/h4-7,12-13H,8-11H2,1-3H3,(H2,20,22,26)/t13-/m0/s1. The molecule has 26 heavy (non-hydrogen) atoms. The molecule has 2 aliphatic heterocycles. The SMILES string of the molecule is CC(C)Cc1nc2ccccc2n1[C@@H](C)C(=O)N1CC2(CNC(=O)N2)C1. The van der Waals surface area contributed by atoms with Gasteiger partial charge in [-0.15, -0.1) is 0 Å². The molecule has 1 spiro atoms. The number of likely N-dealkylation sites (tertiary alicyclic amines) is 1. The van der Waals surface area contributed by atoms with Crippen LogP contribution < -0.4 is 10.6 Å². The zero-order chi connectivity index (χ0) is 18.5. The van der Waals surface area contributed by atoms with Gasteiger partial charge in [0.15, 0.2) is 0 Å². The molecule has 0 aliphatic carbocycles. The number of rotatable bonds is 4. The normalized spacial score (nSPS) is 19.5. The highest BCUT2D eigenvalue weighted by Gasteiger charge is 2.50. The van der Waals surface area contributed by atoms with Crippen molar-refractivity contribution in [2.75, 3.05) is 19.6 Å². The van der Waals surface area contributed by atoms with Gasteiger partial charge in [0.2, 0.25) is 5.91 Å². The molecule has 1 aromatic carbocycles. The molecule has 3 heterocycles. The first-order chi connectivity index (χ1) is 12.4. The van der Waals surface area contributed by atoms with E-state index in [-0.39, 0.29) is 23.5 Å². The number of aromatic nitrogens is 2. The minimum atomic E-state index is -0.321. The molecule has 2 aliphatic rings. The topological polar surface area (TPSA) is 79.3 Å². The van der Waals surface area contributed by atoms with E-state index in [4.69, 9.17) is 4.98 Å². The molecule has 4 rings (SSSR count). The van der Waals surface area contributed by atoms with Gasteiger partial charge in [-0.25, -0.2) is 9.78 Å². The number of hydrogen-bond donors (Lipinski definition) is 2. The first-order valence-corrected chi connectivity index (χ1v) is 9.19. The van der Waals surface area contributed by atoms with E-state index in [0.717, 1.165) is 23.3 Å². The summed E-state index contributed by atoms with van der Waals surface area (Å²) in [6, 6.07) is 7.50. The van der Waals surface area contributed by atoms with Crippen LogP contribution in [0.5, 0.6) is 0 Å². The third-order valence-electron chi connectivity index (χ3n) is 5.27. The summed E-state index contributed by atoms with van der Waals surface area (Å²) in [6.07, 6.45) is 0.830. The van der Waals surface area contributed by atoms with E-state index in [1.54, 1.807) is 0 Å². The molecule has 0 radical (unpaired) electrons. The molecule has 2 N–H and O–H groups in total. The quantitative estimate of drug-likeness (QED) is 0.876. The van der Waals surface area contributed by atoms with Gasteiger partial charge < -0.3 is 20.1 Å². The second-order valence-corrected chi connectivity index (χ2v) is 7.94. The van der Waals surface area contributed by atoms with Gasteiger partial charge in [0, 0.05) is 26.1 Å². The summed E-state index contributed by atoms with van der Waals surface area (Å²) in [5.74, 6) is 1.48. The maximum absolute atomic E-state index is 13.1. The lowest BCUT2D eigenvalue weighted by Crippen LogP contribution is -2.70. The lowest BCUT2D eigenvalue weighted by molar-refractivity contribution is -0.142. The fraction of sp³-hybridized carbons (Fsp3) is 0.526. The Morgan fingerprint density at radius 2 is 2.00 bits per heavy atom. The Kier molecular flexibility index (Phi) is 3.89. The van der Waals surface area contributed by atoms with Crippen molar-refractivity contribution in [1.29, 1.82) is 0 Å². The van der Waals surface area contributed by atoms with Crippen LogP contribution >= 0.6 is 0 Å². The Labute approximate surface area is 152 Å². The second-order valence-electron chi connectivity index (χ2n) is 7.94. The third-order valence-corrected chi connectivity index (χ3v) is 5.27. The molecule has 1 atom stereocenters. The Morgan fingerprint density at radius 3 is 2.65 bits per heavy atom. The number of fused-ring (bicyclic) bond motifs is 1. The molecular formula is C19H25N5O2. The first kappa shape index (κ1) is 16.9. The van der Waals surface area contributed by atoms with Crippen molar-refractivity contribution < 1.29 is 9.59 Å². The summed E-state index contributed by atoms with van der Waals surface area (Å²) in [5, 5.41) is 5.71. The highest BCUT2D eigenvalue weighted by molar-refractivity contribution is 5.86. The van der Waals surface area contributed by atoms with Crippen LogP contribution in [0.25, 0.3) is 11.0 Å². The van der Waals surface area contributed by atoms with E-state index in [2.05, 4.69) is 29.0 Å². The molecular weight excluding hydrogens is 330 g/mol. The predicted molar refractivity (Wildman–Crippen MR) is 98.8 cm³/mol. The van der Waals surface area contributed by atoms with E-state index < -0.39 is 0 Å². The molecule has 2 saturated heterocycles. The van der Waals surface area contributed by atoms with Crippen LogP contribution in [0.3, 0.4) is 0 Å². The van der Waals surface area contributed by atoms with Crippen molar-refractivity contribution in [1.82, 2.24) is 25.1 Å². The van der Waals surface area contributed by atoms with E-state index in [9.17, 15) is 9.59 Å². The summed E-state index contributed by atoms with van der Waals surface area (Å²) < 4.78 is 2.08. The average Bonchev–Trinajstić information content (AvgIpc) is 3.12. The van der Waals surface area contributed by atoms with Crippen LogP contribution in [-0.2, 0) is 11.2 Å². The Bertz CT molecular complexity index is 866. The van der Waals surface area contributed by atoms with Crippen LogP contribution in [0.2, 0.25) is 0 Å². The molecule has 1 aromatic heterocycles. The van der Waals surface area contributed by atoms with Crippen LogP contribution in [0.1, 0.15) is 32.6 Å².